The van der Waals surface area contributed by atoms with Gasteiger partial charge in [-0.1, -0.05) is 6.07 Å². The zero-order valence-corrected chi connectivity index (χ0v) is 7.43. The predicted octanol–water partition coefficient (Wildman–Crippen LogP) is 1.92. The summed E-state index contributed by atoms with van der Waals surface area (Å²) >= 11 is 0. The predicted molar refractivity (Wildman–Crippen MR) is 43.9 cm³/mol. The third kappa shape index (κ3) is 1.82. The van der Waals surface area contributed by atoms with Crippen LogP contribution in [0, 0.1) is 5.82 Å². The van der Waals surface area contributed by atoms with E-state index in [1.807, 2.05) is 0 Å². The van der Waals surface area contributed by atoms with E-state index in [0.29, 0.717) is 0 Å². The van der Waals surface area contributed by atoms with Crippen molar-refractivity contribution < 1.29 is 23.0 Å². The smallest absolute Gasteiger partial charge is 0.299 e. The molecule has 0 aliphatic rings. The van der Waals surface area contributed by atoms with Crippen LogP contribution in [-0.4, -0.2) is 18.8 Å². The second-order valence-electron chi connectivity index (χ2n) is 2.68. The summed E-state index contributed by atoms with van der Waals surface area (Å²) in [4.78, 5) is 0. The third-order valence-corrected chi connectivity index (χ3v) is 1.76. The van der Waals surface area contributed by atoms with Gasteiger partial charge >= 0.3 is 0 Å². The monoisotopic (exact) mass is 206 g/mol. The lowest BCUT2D eigenvalue weighted by Crippen LogP contribution is -2.19. The summed E-state index contributed by atoms with van der Waals surface area (Å²) in [6.45, 7) is -1.38. The molecule has 1 rings (SSSR count). The van der Waals surface area contributed by atoms with Crippen molar-refractivity contribution in [2.24, 2.45) is 0 Å². The quantitative estimate of drug-likeness (QED) is 0.818. The maximum absolute atomic E-state index is 13.0. The van der Waals surface area contributed by atoms with Crippen LogP contribution in [0.15, 0.2) is 18.2 Å². The van der Waals surface area contributed by atoms with Crippen molar-refractivity contribution in [3.8, 4) is 5.75 Å². The summed E-state index contributed by atoms with van der Waals surface area (Å²) in [7, 11) is 1.09. The summed E-state index contributed by atoms with van der Waals surface area (Å²) in [6.07, 6.45) is 0. The van der Waals surface area contributed by atoms with Gasteiger partial charge in [-0.25, -0.2) is 4.39 Å². The van der Waals surface area contributed by atoms with E-state index in [1.165, 1.54) is 0 Å². The number of alkyl halides is 2. The summed E-state index contributed by atoms with van der Waals surface area (Å²) in [6, 6.07) is 3.16. The van der Waals surface area contributed by atoms with E-state index < -0.39 is 29.7 Å². The van der Waals surface area contributed by atoms with Crippen LogP contribution in [0.25, 0.3) is 0 Å². The van der Waals surface area contributed by atoms with E-state index in [9.17, 15) is 13.2 Å². The van der Waals surface area contributed by atoms with Gasteiger partial charge < -0.3 is 9.84 Å². The van der Waals surface area contributed by atoms with E-state index >= 15 is 0 Å². The normalized spacial score (nSPS) is 11.5. The fraction of sp³-hybridized carbons (Fsp3) is 0.333. The first-order valence-electron chi connectivity index (χ1n) is 3.84. The van der Waals surface area contributed by atoms with Gasteiger partial charge in [0.1, 0.15) is 6.61 Å². The number of methoxy groups -OCH3 is 1. The summed E-state index contributed by atoms with van der Waals surface area (Å²) < 4.78 is 43.5. The molecule has 78 valence electrons. The van der Waals surface area contributed by atoms with Crippen LogP contribution < -0.4 is 4.74 Å². The SMILES string of the molecule is COc1c(F)cccc1C(F)(F)CO. The lowest BCUT2D eigenvalue weighted by Gasteiger charge is -2.16. The maximum atomic E-state index is 13.0. The van der Waals surface area contributed by atoms with E-state index in [0.717, 1.165) is 25.3 Å². The Bertz CT molecular complexity index is 326. The molecular formula is C9H9F3O2. The lowest BCUT2D eigenvalue weighted by atomic mass is 10.1. The van der Waals surface area contributed by atoms with Crippen LogP contribution in [-0.2, 0) is 5.92 Å². The largest absolute Gasteiger partial charge is 0.493 e. The first kappa shape index (κ1) is 10.8. The Morgan fingerprint density at radius 3 is 2.57 bits per heavy atom. The number of ether oxygens (including phenoxy) is 1. The zero-order valence-electron chi connectivity index (χ0n) is 7.43. The molecule has 0 aliphatic heterocycles. The molecule has 0 saturated heterocycles. The number of halogens is 3. The Hall–Kier alpha value is -1.23. The summed E-state index contributed by atoms with van der Waals surface area (Å²) in [5.41, 5.74) is -0.650. The molecule has 0 bridgehead atoms. The van der Waals surface area contributed by atoms with Crippen LogP contribution in [0.2, 0.25) is 0 Å². The molecule has 0 amide bonds. The van der Waals surface area contributed by atoms with Gasteiger partial charge in [0.05, 0.1) is 12.7 Å². The number of aliphatic hydroxyl groups excluding tert-OH is 1. The van der Waals surface area contributed by atoms with Gasteiger partial charge in [0.2, 0.25) is 0 Å². The molecular weight excluding hydrogens is 197 g/mol. The van der Waals surface area contributed by atoms with Crippen molar-refractivity contribution >= 4 is 0 Å². The summed E-state index contributed by atoms with van der Waals surface area (Å²) in [5.74, 6) is -4.90. The number of aliphatic hydroxyl groups is 1. The van der Waals surface area contributed by atoms with Crippen molar-refractivity contribution in [3.05, 3.63) is 29.6 Å². The molecule has 0 aliphatic carbocycles. The third-order valence-electron chi connectivity index (χ3n) is 1.76. The zero-order chi connectivity index (χ0) is 10.8. The van der Waals surface area contributed by atoms with Crippen LogP contribution in [0.4, 0.5) is 13.2 Å². The van der Waals surface area contributed by atoms with Gasteiger partial charge in [0.25, 0.3) is 5.92 Å². The van der Waals surface area contributed by atoms with Crippen LogP contribution in [0.1, 0.15) is 5.56 Å². The minimum absolute atomic E-state index is 0.536. The number of para-hydroxylation sites is 1. The maximum Gasteiger partial charge on any atom is 0.299 e. The second-order valence-corrected chi connectivity index (χ2v) is 2.68. The Morgan fingerprint density at radius 2 is 2.07 bits per heavy atom. The molecule has 1 aromatic carbocycles. The number of benzene rings is 1. The molecule has 0 radical (unpaired) electrons. The molecule has 0 fully saturated rings. The van der Waals surface area contributed by atoms with Gasteiger partial charge in [-0.15, -0.1) is 0 Å². The molecule has 0 spiro atoms. The van der Waals surface area contributed by atoms with Crippen LogP contribution >= 0.6 is 0 Å². The number of hydrogen-bond donors (Lipinski definition) is 1. The minimum atomic E-state index is -3.49. The molecule has 0 unspecified atom stereocenters. The average molecular weight is 206 g/mol. The Kier molecular flexibility index (Phi) is 3.00. The summed E-state index contributed by atoms with van der Waals surface area (Å²) in [5, 5.41) is 8.43. The topological polar surface area (TPSA) is 29.5 Å². The Morgan fingerprint density at radius 1 is 1.43 bits per heavy atom. The van der Waals surface area contributed by atoms with Crippen molar-refractivity contribution in [2.75, 3.05) is 13.7 Å². The first-order chi connectivity index (χ1) is 6.53. The highest BCUT2D eigenvalue weighted by Crippen LogP contribution is 2.35. The fourth-order valence-corrected chi connectivity index (χ4v) is 1.09. The van der Waals surface area contributed by atoms with E-state index in [4.69, 9.17) is 5.11 Å². The lowest BCUT2D eigenvalue weighted by molar-refractivity contribution is -0.0574. The molecule has 1 aromatic rings. The van der Waals surface area contributed by atoms with Crippen LogP contribution in [0.5, 0.6) is 5.75 Å². The molecule has 0 atom stereocenters. The van der Waals surface area contributed by atoms with Crippen molar-refractivity contribution in [1.82, 2.24) is 0 Å². The van der Waals surface area contributed by atoms with Crippen molar-refractivity contribution in [1.29, 1.82) is 0 Å². The highest BCUT2D eigenvalue weighted by Gasteiger charge is 2.34. The highest BCUT2D eigenvalue weighted by molar-refractivity contribution is 5.38. The standard InChI is InChI=1S/C9H9F3O2/c1-14-8-6(9(11,12)5-13)3-2-4-7(8)10/h2-4,13H,5H2,1H3. The Balaban J connectivity index is 3.27. The van der Waals surface area contributed by atoms with Gasteiger partial charge in [0, 0.05) is 0 Å². The second kappa shape index (κ2) is 3.88. The highest BCUT2D eigenvalue weighted by atomic mass is 19.3. The molecule has 1 N–H and O–H groups in total. The van der Waals surface area contributed by atoms with E-state index in [-0.39, 0.29) is 0 Å². The molecule has 5 heteroatoms. The van der Waals surface area contributed by atoms with Crippen molar-refractivity contribution in [3.63, 3.8) is 0 Å². The number of hydrogen-bond acceptors (Lipinski definition) is 2. The molecule has 0 aromatic heterocycles. The van der Waals surface area contributed by atoms with E-state index in [1.54, 1.807) is 0 Å². The molecule has 0 heterocycles. The van der Waals surface area contributed by atoms with Crippen molar-refractivity contribution in [2.45, 2.75) is 5.92 Å². The first-order valence-corrected chi connectivity index (χ1v) is 3.84. The number of rotatable bonds is 3. The van der Waals surface area contributed by atoms with Gasteiger partial charge in [-0.05, 0) is 12.1 Å². The van der Waals surface area contributed by atoms with Gasteiger partial charge in [-0.3, -0.25) is 0 Å². The fourth-order valence-electron chi connectivity index (χ4n) is 1.09. The molecule has 14 heavy (non-hydrogen) atoms. The molecule has 2 nitrogen and oxygen atoms in total. The molecule has 0 saturated carbocycles. The van der Waals surface area contributed by atoms with Gasteiger partial charge in [-0.2, -0.15) is 8.78 Å². The van der Waals surface area contributed by atoms with Crippen LogP contribution in [0.3, 0.4) is 0 Å². The Labute approximate surface area is 78.9 Å². The minimum Gasteiger partial charge on any atom is -0.493 e. The van der Waals surface area contributed by atoms with E-state index in [2.05, 4.69) is 4.74 Å². The van der Waals surface area contributed by atoms with Gasteiger partial charge in [0.15, 0.2) is 11.6 Å². The average Bonchev–Trinajstić information content (AvgIpc) is 2.17.